The number of hydrogen-bond acceptors (Lipinski definition) is 2. The van der Waals surface area contributed by atoms with Gasteiger partial charge >= 0.3 is 0 Å². The Bertz CT molecular complexity index is 270. The van der Waals surface area contributed by atoms with E-state index in [9.17, 15) is 0 Å². The Morgan fingerprint density at radius 2 is 1.33 bits per heavy atom. The average molecular weight is 253 g/mol. The number of hydrogen-bond donors (Lipinski definition) is 1. The standard InChI is InChI=1S/C9H11N.2C2H6.C2H4.CH4O/c1-7-5-4-6-9(10-3)8(7)2;4*1-2/h4-6H,3H2,1-2H3;2*1-2H3;1-2H2;2H,1H3. The van der Waals surface area contributed by atoms with E-state index in [1.165, 1.54) is 11.1 Å². The van der Waals surface area contributed by atoms with Crippen LogP contribution in [0.25, 0.3) is 0 Å². The summed E-state index contributed by atoms with van der Waals surface area (Å²) in [4.78, 5) is 3.88. The molecule has 0 atom stereocenters. The van der Waals surface area contributed by atoms with Crippen molar-refractivity contribution >= 4 is 12.4 Å². The predicted octanol–water partition coefficient (Wildman–Crippen LogP) is 5.10. The summed E-state index contributed by atoms with van der Waals surface area (Å²) in [6.07, 6.45) is 0. The maximum Gasteiger partial charge on any atom is 0.0654 e. The molecule has 18 heavy (non-hydrogen) atoms. The van der Waals surface area contributed by atoms with Crippen molar-refractivity contribution in [2.24, 2.45) is 4.99 Å². The van der Waals surface area contributed by atoms with Gasteiger partial charge < -0.3 is 5.11 Å². The zero-order valence-corrected chi connectivity index (χ0v) is 13.2. The van der Waals surface area contributed by atoms with Gasteiger partial charge in [0.2, 0.25) is 0 Å². The highest BCUT2D eigenvalue weighted by Gasteiger charge is 1.95. The third-order valence-corrected chi connectivity index (χ3v) is 1.75. The van der Waals surface area contributed by atoms with Crippen LogP contribution < -0.4 is 0 Å². The van der Waals surface area contributed by atoms with E-state index >= 15 is 0 Å². The summed E-state index contributed by atoms with van der Waals surface area (Å²) in [5, 5.41) is 7.00. The summed E-state index contributed by atoms with van der Waals surface area (Å²) >= 11 is 0. The van der Waals surface area contributed by atoms with Crippen molar-refractivity contribution in [2.75, 3.05) is 7.11 Å². The maximum absolute atomic E-state index is 7.00. The monoisotopic (exact) mass is 253 g/mol. The first-order chi connectivity index (χ1) is 8.75. The lowest BCUT2D eigenvalue weighted by atomic mass is 10.1. The number of aryl methyl sites for hydroxylation is 1. The molecule has 0 bridgehead atoms. The average Bonchev–Trinajstić information content (AvgIpc) is 2.50. The van der Waals surface area contributed by atoms with Crippen LogP contribution in [0.5, 0.6) is 0 Å². The number of aliphatic hydroxyl groups excluding tert-OH is 1. The van der Waals surface area contributed by atoms with Crippen LogP contribution in [0.2, 0.25) is 0 Å². The Kier molecular flexibility index (Phi) is 34.9. The Hall–Kier alpha value is -1.41. The second-order valence-corrected chi connectivity index (χ2v) is 2.38. The van der Waals surface area contributed by atoms with Crippen molar-refractivity contribution in [1.82, 2.24) is 0 Å². The van der Waals surface area contributed by atoms with Crippen LogP contribution in [0.15, 0.2) is 36.3 Å². The van der Waals surface area contributed by atoms with Crippen molar-refractivity contribution in [2.45, 2.75) is 41.5 Å². The van der Waals surface area contributed by atoms with Gasteiger partial charge in [-0.3, -0.25) is 4.99 Å². The number of rotatable bonds is 1. The maximum atomic E-state index is 7.00. The Balaban J connectivity index is -0.000000105. The largest absolute Gasteiger partial charge is 0.400 e. The van der Waals surface area contributed by atoms with Crippen molar-refractivity contribution in [1.29, 1.82) is 0 Å². The van der Waals surface area contributed by atoms with Gasteiger partial charge in [0.1, 0.15) is 0 Å². The summed E-state index contributed by atoms with van der Waals surface area (Å²) < 4.78 is 0. The Labute approximate surface area is 114 Å². The highest BCUT2D eigenvalue weighted by Crippen LogP contribution is 2.19. The zero-order valence-electron chi connectivity index (χ0n) is 13.2. The van der Waals surface area contributed by atoms with Gasteiger partial charge in [-0.1, -0.05) is 39.8 Å². The molecule has 0 aliphatic rings. The van der Waals surface area contributed by atoms with E-state index in [4.69, 9.17) is 5.11 Å². The van der Waals surface area contributed by atoms with E-state index in [1.807, 2.05) is 39.8 Å². The molecule has 0 aliphatic carbocycles. The summed E-state index contributed by atoms with van der Waals surface area (Å²) in [6, 6.07) is 6.03. The van der Waals surface area contributed by atoms with Crippen LogP contribution in [0.1, 0.15) is 38.8 Å². The van der Waals surface area contributed by atoms with E-state index in [0.717, 1.165) is 12.8 Å². The molecule has 2 heteroatoms. The molecule has 0 spiro atoms. The van der Waals surface area contributed by atoms with Crippen LogP contribution in [-0.4, -0.2) is 18.9 Å². The molecule has 0 unspecified atom stereocenters. The van der Waals surface area contributed by atoms with Crippen molar-refractivity contribution in [3.8, 4) is 0 Å². The van der Waals surface area contributed by atoms with Gasteiger partial charge in [0, 0.05) is 7.11 Å². The third kappa shape index (κ3) is 12.7. The molecule has 0 heterocycles. The molecule has 2 nitrogen and oxygen atoms in total. The van der Waals surface area contributed by atoms with Gasteiger partial charge in [-0.25, -0.2) is 0 Å². The van der Waals surface area contributed by atoms with Gasteiger partial charge in [0.05, 0.1) is 5.69 Å². The highest BCUT2D eigenvalue weighted by molar-refractivity contribution is 5.53. The van der Waals surface area contributed by atoms with Crippen LogP contribution >= 0.6 is 0 Å². The molecule has 0 saturated heterocycles. The topological polar surface area (TPSA) is 32.6 Å². The highest BCUT2D eigenvalue weighted by atomic mass is 16.2. The summed E-state index contributed by atoms with van der Waals surface area (Å²) in [5.74, 6) is 0. The number of aliphatic imine (C=N–C) groups is 1. The fourth-order valence-corrected chi connectivity index (χ4v) is 0.907. The summed E-state index contributed by atoms with van der Waals surface area (Å²) in [7, 11) is 1.00. The minimum absolute atomic E-state index is 0.986. The second-order valence-electron chi connectivity index (χ2n) is 2.38. The Morgan fingerprint density at radius 3 is 1.61 bits per heavy atom. The first kappa shape index (κ1) is 25.4. The van der Waals surface area contributed by atoms with E-state index in [0.29, 0.717) is 0 Å². The number of benzene rings is 1. The summed E-state index contributed by atoms with van der Waals surface area (Å²) in [6.45, 7) is 21.6. The molecule has 0 radical (unpaired) electrons. The first-order valence-corrected chi connectivity index (χ1v) is 6.23. The van der Waals surface area contributed by atoms with Crippen LogP contribution in [-0.2, 0) is 0 Å². The minimum Gasteiger partial charge on any atom is -0.400 e. The van der Waals surface area contributed by atoms with Gasteiger partial charge in [0.15, 0.2) is 0 Å². The molecule has 1 rings (SSSR count). The predicted molar refractivity (Wildman–Crippen MR) is 87.2 cm³/mol. The molecule has 0 aromatic heterocycles. The van der Waals surface area contributed by atoms with Crippen molar-refractivity contribution in [3.05, 3.63) is 42.5 Å². The second kappa shape index (κ2) is 24.7. The minimum atomic E-state index is 0.986. The van der Waals surface area contributed by atoms with E-state index in [-0.39, 0.29) is 0 Å². The van der Waals surface area contributed by atoms with Crippen molar-refractivity contribution in [3.63, 3.8) is 0 Å². The van der Waals surface area contributed by atoms with E-state index in [1.54, 1.807) is 0 Å². The quantitative estimate of drug-likeness (QED) is 0.548. The number of nitrogens with zero attached hydrogens (tertiary/aromatic N) is 1. The molecule has 0 fully saturated rings. The molecule has 1 N–H and O–H groups in total. The van der Waals surface area contributed by atoms with E-state index < -0.39 is 0 Å². The van der Waals surface area contributed by atoms with Gasteiger partial charge in [-0.15, -0.1) is 13.2 Å². The smallest absolute Gasteiger partial charge is 0.0654 e. The lowest BCUT2D eigenvalue weighted by molar-refractivity contribution is 0.399. The lowest BCUT2D eigenvalue weighted by Crippen LogP contribution is -1.78. The summed E-state index contributed by atoms with van der Waals surface area (Å²) in [5.41, 5.74) is 3.47. The van der Waals surface area contributed by atoms with E-state index in [2.05, 4.69) is 44.8 Å². The van der Waals surface area contributed by atoms with Crippen LogP contribution in [0.3, 0.4) is 0 Å². The molecule has 1 aromatic rings. The van der Waals surface area contributed by atoms with Gasteiger partial charge in [-0.2, -0.15) is 0 Å². The molecule has 0 aliphatic heterocycles. The zero-order chi connectivity index (χ0) is 15.6. The van der Waals surface area contributed by atoms with Crippen LogP contribution in [0.4, 0.5) is 5.69 Å². The van der Waals surface area contributed by atoms with Gasteiger partial charge in [-0.05, 0) is 37.8 Å². The molecule has 0 saturated carbocycles. The first-order valence-electron chi connectivity index (χ1n) is 6.23. The molecule has 106 valence electrons. The number of aliphatic hydroxyl groups is 1. The normalized spacial score (nSPS) is 6.44. The lowest BCUT2D eigenvalue weighted by Gasteiger charge is -2.01. The third-order valence-electron chi connectivity index (χ3n) is 1.75. The van der Waals surface area contributed by atoms with Crippen LogP contribution in [0, 0.1) is 13.8 Å². The fourth-order valence-electron chi connectivity index (χ4n) is 0.907. The molecular formula is C16H31NO. The molecule has 1 aromatic carbocycles. The fraction of sp³-hybridized carbons (Fsp3) is 0.438. The SMILES string of the molecule is C=C.C=Nc1cccc(C)c1C.CC.CC.CO. The molecular weight excluding hydrogens is 222 g/mol. The van der Waals surface area contributed by atoms with Gasteiger partial charge in [0.25, 0.3) is 0 Å². The molecule has 0 amide bonds. The Morgan fingerprint density at radius 1 is 0.944 bits per heavy atom. The van der Waals surface area contributed by atoms with Crippen molar-refractivity contribution < 1.29 is 5.11 Å².